The van der Waals surface area contributed by atoms with Crippen molar-refractivity contribution in [3.63, 3.8) is 0 Å². The first kappa shape index (κ1) is 13.0. The van der Waals surface area contributed by atoms with Crippen LogP contribution in [0.4, 0.5) is 0 Å². The van der Waals surface area contributed by atoms with Crippen LogP contribution in [0, 0.1) is 12.3 Å². The number of hydrogen-bond donors (Lipinski definition) is 2. The molecule has 0 aliphatic rings. The second-order valence-corrected chi connectivity index (χ2v) is 5.85. The summed E-state index contributed by atoms with van der Waals surface area (Å²) < 4.78 is 0. The summed E-state index contributed by atoms with van der Waals surface area (Å²) in [6.45, 7) is 8.58. The average molecular weight is 243 g/mol. The second-order valence-electron chi connectivity index (χ2n) is 5.85. The highest BCUT2D eigenvalue weighted by Gasteiger charge is 2.26. The molecule has 0 saturated heterocycles. The fourth-order valence-electron chi connectivity index (χ4n) is 2.30. The van der Waals surface area contributed by atoms with Crippen LogP contribution >= 0.6 is 0 Å². The molecular weight excluding hydrogens is 222 g/mol. The molecule has 0 aliphatic carbocycles. The van der Waals surface area contributed by atoms with Gasteiger partial charge >= 0.3 is 0 Å². The van der Waals surface area contributed by atoms with Gasteiger partial charge in [-0.25, -0.2) is 0 Å². The van der Waals surface area contributed by atoms with Crippen molar-refractivity contribution < 1.29 is 0 Å². The van der Waals surface area contributed by atoms with Crippen LogP contribution < -0.4 is 11.3 Å². The molecule has 2 rings (SSSR count). The lowest BCUT2D eigenvalue weighted by Crippen LogP contribution is -2.37. The molecule has 0 spiro atoms. The molecule has 0 saturated carbocycles. The van der Waals surface area contributed by atoms with Crippen molar-refractivity contribution in [2.45, 2.75) is 33.7 Å². The number of nitrogens with one attached hydrogen (secondary N) is 1. The van der Waals surface area contributed by atoms with Gasteiger partial charge in [0.2, 0.25) is 0 Å². The lowest BCUT2D eigenvalue weighted by molar-refractivity contribution is 0.271. The zero-order chi connectivity index (χ0) is 13.3. The van der Waals surface area contributed by atoms with E-state index in [1.54, 1.807) is 0 Å². The van der Waals surface area contributed by atoms with Gasteiger partial charge in [0, 0.05) is 5.39 Å². The molecule has 0 bridgehead atoms. The Labute approximate surface area is 108 Å². The molecule has 2 aromatic rings. The van der Waals surface area contributed by atoms with Gasteiger partial charge in [0.15, 0.2) is 0 Å². The van der Waals surface area contributed by atoms with Crippen molar-refractivity contribution in [1.29, 1.82) is 0 Å². The largest absolute Gasteiger partial charge is 0.271 e. The number of rotatable bonds is 2. The minimum atomic E-state index is 0.0245. The van der Waals surface area contributed by atoms with Gasteiger partial charge in [0.05, 0.1) is 17.3 Å². The number of nitrogens with zero attached hydrogens (tertiary/aromatic N) is 1. The summed E-state index contributed by atoms with van der Waals surface area (Å²) in [6.07, 6.45) is 0. The standard InChI is InChI=1S/C15H21N3/c1-10-9-13(14(18-16)15(2,3)4)17-12-8-6-5-7-11(10)12/h5-9,14,18H,16H2,1-4H3. The van der Waals surface area contributed by atoms with Crippen LogP contribution in [-0.2, 0) is 0 Å². The fourth-order valence-corrected chi connectivity index (χ4v) is 2.30. The average Bonchev–Trinajstić information content (AvgIpc) is 2.28. The van der Waals surface area contributed by atoms with Crippen molar-refractivity contribution in [2.24, 2.45) is 11.3 Å². The first-order valence-electron chi connectivity index (χ1n) is 6.26. The Morgan fingerprint density at radius 2 is 1.89 bits per heavy atom. The van der Waals surface area contributed by atoms with E-state index in [0.29, 0.717) is 0 Å². The molecule has 1 atom stereocenters. The minimum absolute atomic E-state index is 0.0245. The third-order valence-corrected chi connectivity index (χ3v) is 3.27. The summed E-state index contributed by atoms with van der Waals surface area (Å²) in [5.74, 6) is 5.70. The SMILES string of the molecule is Cc1cc(C(NN)C(C)(C)C)nc2ccccc12. The van der Waals surface area contributed by atoms with Gasteiger partial charge in [-0.2, -0.15) is 0 Å². The van der Waals surface area contributed by atoms with Gasteiger partial charge in [-0.3, -0.25) is 16.3 Å². The van der Waals surface area contributed by atoms with E-state index in [-0.39, 0.29) is 11.5 Å². The minimum Gasteiger partial charge on any atom is -0.271 e. The van der Waals surface area contributed by atoms with Crippen LogP contribution in [0.1, 0.15) is 38.1 Å². The monoisotopic (exact) mass is 243 g/mol. The number of para-hydroxylation sites is 1. The molecule has 18 heavy (non-hydrogen) atoms. The zero-order valence-electron chi connectivity index (χ0n) is 11.5. The Bertz CT molecular complexity index is 555. The Hall–Kier alpha value is -1.45. The summed E-state index contributed by atoms with van der Waals surface area (Å²) in [6, 6.07) is 10.4. The normalized spacial score (nSPS) is 13.8. The number of hydrogen-bond acceptors (Lipinski definition) is 3. The van der Waals surface area contributed by atoms with E-state index >= 15 is 0 Å². The Kier molecular flexibility index (Phi) is 3.37. The van der Waals surface area contributed by atoms with E-state index in [0.717, 1.165) is 11.2 Å². The molecule has 1 heterocycles. The van der Waals surface area contributed by atoms with E-state index in [1.807, 2.05) is 18.2 Å². The Morgan fingerprint density at radius 1 is 1.22 bits per heavy atom. The molecule has 1 aromatic carbocycles. The van der Waals surface area contributed by atoms with Gasteiger partial charge in [-0.05, 0) is 30.0 Å². The third kappa shape index (κ3) is 2.37. The summed E-state index contributed by atoms with van der Waals surface area (Å²) in [7, 11) is 0. The predicted molar refractivity (Wildman–Crippen MR) is 76.0 cm³/mol. The number of pyridine rings is 1. The van der Waals surface area contributed by atoms with Crippen LogP contribution in [0.2, 0.25) is 0 Å². The summed E-state index contributed by atoms with van der Waals surface area (Å²) in [5, 5.41) is 1.20. The molecule has 3 nitrogen and oxygen atoms in total. The molecule has 3 heteroatoms. The van der Waals surface area contributed by atoms with E-state index in [9.17, 15) is 0 Å². The molecule has 96 valence electrons. The predicted octanol–water partition coefficient (Wildman–Crippen LogP) is 3.09. The van der Waals surface area contributed by atoms with Gasteiger partial charge in [-0.15, -0.1) is 0 Å². The summed E-state index contributed by atoms with van der Waals surface area (Å²) in [5.41, 5.74) is 6.17. The highest BCUT2D eigenvalue weighted by Crippen LogP contribution is 2.32. The van der Waals surface area contributed by atoms with Gasteiger partial charge in [0.1, 0.15) is 0 Å². The molecule has 0 amide bonds. The highest BCUT2D eigenvalue weighted by atomic mass is 15.2. The molecule has 0 aliphatic heterocycles. The number of aryl methyl sites for hydroxylation is 1. The Morgan fingerprint density at radius 3 is 2.50 bits per heavy atom. The second kappa shape index (κ2) is 4.67. The summed E-state index contributed by atoms with van der Waals surface area (Å²) >= 11 is 0. The maximum Gasteiger partial charge on any atom is 0.0708 e. The van der Waals surface area contributed by atoms with E-state index in [1.165, 1.54) is 10.9 Å². The van der Waals surface area contributed by atoms with Gasteiger partial charge in [-0.1, -0.05) is 39.0 Å². The molecular formula is C15H21N3. The van der Waals surface area contributed by atoms with E-state index < -0.39 is 0 Å². The van der Waals surface area contributed by atoms with Crippen LogP contribution in [-0.4, -0.2) is 4.98 Å². The van der Waals surface area contributed by atoms with Crippen molar-refractivity contribution >= 4 is 10.9 Å². The van der Waals surface area contributed by atoms with Crippen LogP contribution in [0.5, 0.6) is 0 Å². The zero-order valence-corrected chi connectivity index (χ0v) is 11.5. The first-order chi connectivity index (χ1) is 8.43. The van der Waals surface area contributed by atoms with Crippen LogP contribution in [0.3, 0.4) is 0 Å². The van der Waals surface area contributed by atoms with E-state index in [4.69, 9.17) is 10.8 Å². The number of fused-ring (bicyclic) bond motifs is 1. The van der Waals surface area contributed by atoms with Crippen molar-refractivity contribution in [2.75, 3.05) is 0 Å². The smallest absolute Gasteiger partial charge is 0.0708 e. The van der Waals surface area contributed by atoms with Gasteiger partial charge < -0.3 is 0 Å². The molecule has 1 aromatic heterocycles. The number of nitrogens with two attached hydrogens (primary N) is 1. The molecule has 0 fully saturated rings. The summed E-state index contributed by atoms with van der Waals surface area (Å²) in [4.78, 5) is 4.73. The fraction of sp³-hybridized carbons (Fsp3) is 0.400. The molecule has 0 radical (unpaired) electrons. The number of hydrazine groups is 1. The van der Waals surface area contributed by atoms with Crippen molar-refractivity contribution in [1.82, 2.24) is 10.4 Å². The quantitative estimate of drug-likeness (QED) is 0.629. The van der Waals surface area contributed by atoms with Crippen molar-refractivity contribution in [3.8, 4) is 0 Å². The van der Waals surface area contributed by atoms with Crippen molar-refractivity contribution in [3.05, 3.63) is 41.6 Å². The maximum absolute atomic E-state index is 5.70. The van der Waals surface area contributed by atoms with E-state index in [2.05, 4.69) is 45.3 Å². The van der Waals surface area contributed by atoms with Crippen LogP contribution in [0.15, 0.2) is 30.3 Å². The molecule has 1 unspecified atom stereocenters. The maximum atomic E-state index is 5.70. The number of benzene rings is 1. The lowest BCUT2D eigenvalue weighted by atomic mass is 9.84. The topological polar surface area (TPSA) is 50.9 Å². The first-order valence-corrected chi connectivity index (χ1v) is 6.26. The number of aromatic nitrogens is 1. The third-order valence-electron chi connectivity index (χ3n) is 3.27. The molecule has 3 N–H and O–H groups in total. The highest BCUT2D eigenvalue weighted by molar-refractivity contribution is 5.82. The van der Waals surface area contributed by atoms with Crippen LogP contribution in [0.25, 0.3) is 10.9 Å². The Balaban J connectivity index is 2.58. The lowest BCUT2D eigenvalue weighted by Gasteiger charge is -2.30. The van der Waals surface area contributed by atoms with Gasteiger partial charge in [0.25, 0.3) is 0 Å².